The van der Waals surface area contributed by atoms with Gasteiger partial charge in [0.05, 0.1) is 12.6 Å². The van der Waals surface area contributed by atoms with Crippen LogP contribution >= 0.6 is 9.24 Å². The molecule has 2 N–H and O–H groups in total. The Balaban J connectivity index is 1.72. The summed E-state index contributed by atoms with van der Waals surface area (Å²) in [5.74, 6) is 0. The highest BCUT2D eigenvalue weighted by atomic mass is 31.0. The van der Waals surface area contributed by atoms with E-state index in [0.717, 1.165) is 23.5 Å². The van der Waals surface area contributed by atoms with Crippen LogP contribution in [-0.4, -0.2) is 24.3 Å². The lowest BCUT2D eigenvalue weighted by Gasteiger charge is -2.25. The predicted molar refractivity (Wildman–Crippen MR) is 130 cm³/mol. The summed E-state index contributed by atoms with van der Waals surface area (Å²) >= 11 is 0. The van der Waals surface area contributed by atoms with Crippen LogP contribution in [0.5, 0.6) is 0 Å². The van der Waals surface area contributed by atoms with Crippen molar-refractivity contribution in [3.8, 4) is 11.1 Å². The highest BCUT2D eigenvalue weighted by Gasteiger charge is 2.17. The standard InChI is InChI=1S/C25H30N3P/c1-5-17(2)27-25(19(4)28-23-13-18(3)26-16-23)14-20-9-11-21(12-10-20)22-7-6-8-24(29)15-22/h5-13,15,17,25,27-28H,1,4,14,16,29H2,2-3H3/t17-,25?/m0/s1. The van der Waals surface area contributed by atoms with Gasteiger partial charge in [-0.2, -0.15) is 0 Å². The number of aliphatic imine (C=N–C) groups is 1. The Morgan fingerprint density at radius 1 is 1.21 bits per heavy atom. The Kier molecular flexibility index (Phi) is 7.19. The summed E-state index contributed by atoms with van der Waals surface area (Å²) in [6, 6.07) is 17.6. The van der Waals surface area contributed by atoms with Gasteiger partial charge in [0.25, 0.3) is 0 Å². The number of allylic oxidation sites excluding steroid dienone is 1. The van der Waals surface area contributed by atoms with Crippen LogP contribution in [0, 0.1) is 0 Å². The molecule has 3 nitrogen and oxygen atoms in total. The normalized spacial score (nSPS) is 15.3. The molecule has 0 amide bonds. The lowest BCUT2D eigenvalue weighted by molar-refractivity contribution is 0.515. The molecule has 29 heavy (non-hydrogen) atoms. The second kappa shape index (κ2) is 9.82. The first-order valence-electron chi connectivity index (χ1n) is 9.95. The van der Waals surface area contributed by atoms with Crippen LogP contribution in [0.25, 0.3) is 11.1 Å². The Bertz CT molecular complexity index is 941. The molecule has 0 bridgehead atoms. The van der Waals surface area contributed by atoms with E-state index < -0.39 is 0 Å². The van der Waals surface area contributed by atoms with E-state index >= 15 is 0 Å². The summed E-state index contributed by atoms with van der Waals surface area (Å²) in [5.41, 5.74) is 6.82. The van der Waals surface area contributed by atoms with E-state index in [1.165, 1.54) is 22.0 Å². The van der Waals surface area contributed by atoms with Gasteiger partial charge in [-0.25, -0.2) is 0 Å². The van der Waals surface area contributed by atoms with Crippen molar-refractivity contribution in [1.29, 1.82) is 0 Å². The molecule has 3 rings (SSSR count). The fourth-order valence-corrected chi connectivity index (χ4v) is 3.67. The molecule has 0 saturated heterocycles. The van der Waals surface area contributed by atoms with E-state index in [0.29, 0.717) is 6.54 Å². The molecule has 0 aromatic heterocycles. The number of hydrogen-bond donors (Lipinski definition) is 2. The summed E-state index contributed by atoms with van der Waals surface area (Å²) in [6.45, 7) is 13.0. The molecule has 150 valence electrons. The van der Waals surface area contributed by atoms with Crippen molar-refractivity contribution in [3.63, 3.8) is 0 Å². The van der Waals surface area contributed by atoms with Crippen LogP contribution in [-0.2, 0) is 6.42 Å². The zero-order valence-corrected chi connectivity index (χ0v) is 18.4. The number of nitrogens with one attached hydrogen (secondary N) is 2. The molecule has 0 aliphatic carbocycles. The summed E-state index contributed by atoms with van der Waals surface area (Å²) < 4.78 is 0. The fraction of sp³-hybridized carbons (Fsp3) is 0.240. The maximum absolute atomic E-state index is 4.42. The van der Waals surface area contributed by atoms with Crippen LogP contribution < -0.4 is 15.9 Å². The molecule has 1 aliphatic heterocycles. The van der Waals surface area contributed by atoms with Crippen molar-refractivity contribution >= 4 is 20.3 Å². The van der Waals surface area contributed by atoms with E-state index in [-0.39, 0.29) is 12.1 Å². The molecule has 0 fully saturated rings. The molecule has 0 radical (unpaired) electrons. The van der Waals surface area contributed by atoms with E-state index in [1.54, 1.807) is 0 Å². The molecular formula is C25H30N3P. The average molecular weight is 404 g/mol. The molecule has 2 aromatic carbocycles. The molecule has 1 heterocycles. The van der Waals surface area contributed by atoms with Gasteiger partial charge < -0.3 is 10.6 Å². The van der Waals surface area contributed by atoms with Crippen molar-refractivity contribution in [2.75, 3.05) is 6.54 Å². The van der Waals surface area contributed by atoms with E-state index in [1.807, 2.05) is 13.0 Å². The Labute approximate surface area is 176 Å². The third-order valence-electron chi connectivity index (χ3n) is 5.06. The number of benzene rings is 2. The maximum Gasteiger partial charge on any atom is 0.0793 e. The molecule has 4 heteroatoms. The Morgan fingerprint density at radius 2 is 1.97 bits per heavy atom. The van der Waals surface area contributed by atoms with Crippen molar-refractivity contribution in [2.24, 2.45) is 4.99 Å². The SMILES string of the molecule is C=C[C@H](C)NC(Cc1ccc(-c2cccc(P)c2)cc1)C(=C)NC1=CC(C)=NC1. The van der Waals surface area contributed by atoms with Crippen LogP contribution in [0.2, 0.25) is 0 Å². The van der Waals surface area contributed by atoms with Gasteiger partial charge in [-0.3, -0.25) is 4.99 Å². The van der Waals surface area contributed by atoms with Gasteiger partial charge in [0.2, 0.25) is 0 Å². The van der Waals surface area contributed by atoms with Crippen molar-refractivity contribution in [3.05, 3.63) is 90.8 Å². The highest BCUT2D eigenvalue weighted by molar-refractivity contribution is 7.27. The van der Waals surface area contributed by atoms with Gasteiger partial charge in [0.1, 0.15) is 0 Å². The van der Waals surface area contributed by atoms with E-state index in [2.05, 4.69) is 99.6 Å². The zero-order chi connectivity index (χ0) is 20.8. The second-order valence-corrected chi connectivity index (χ2v) is 8.21. The summed E-state index contributed by atoms with van der Waals surface area (Å²) in [6.07, 6.45) is 4.84. The molecular weight excluding hydrogens is 373 g/mol. The summed E-state index contributed by atoms with van der Waals surface area (Å²) in [5, 5.41) is 8.25. The molecule has 0 saturated carbocycles. The lowest BCUT2D eigenvalue weighted by atomic mass is 9.99. The smallest absolute Gasteiger partial charge is 0.0793 e. The summed E-state index contributed by atoms with van der Waals surface area (Å²) in [4.78, 5) is 4.42. The van der Waals surface area contributed by atoms with Crippen molar-refractivity contribution < 1.29 is 0 Å². The Hall–Kier alpha value is -2.48. The average Bonchev–Trinajstić information content (AvgIpc) is 3.12. The first-order valence-corrected chi connectivity index (χ1v) is 10.5. The molecule has 0 spiro atoms. The minimum atomic E-state index is 0.0889. The summed E-state index contributed by atoms with van der Waals surface area (Å²) in [7, 11) is 2.76. The van der Waals surface area contributed by atoms with Crippen LogP contribution in [0.3, 0.4) is 0 Å². The van der Waals surface area contributed by atoms with Gasteiger partial charge in [0, 0.05) is 23.1 Å². The van der Waals surface area contributed by atoms with Gasteiger partial charge in [-0.05, 0) is 54.4 Å². The van der Waals surface area contributed by atoms with E-state index in [4.69, 9.17) is 0 Å². The molecule has 2 aromatic rings. The number of rotatable bonds is 9. The maximum atomic E-state index is 4.42. The predicted octanol–water partition coefficient (Wildman–Crippen LogP) is 4.39. The fourth-order valence-electron chi connectivity index (χ4n) is 3.38. The monoisotopic (exact) mass is 403 g/mol. The number of hydrogen-bond acceptors (Lipinski definition) is 3. The Morgan fingerprint density at radius 3 is 2.59 bits per heavy atom. The molecule has 1 aliphatic rings. The van der Waals surface area contributed by atoms with Gasteiger partial charge >= 0.3 is 0 Å². The third kappa shape index (κ3) is 6.00. The first-order chi connectivity index (χ1) is 13.9. The minimum absolute atomic E-state index is 0.0889. The third-order valence-corrected chi connectivity index (χ3v) is 5.41. The van der Waals surface area contributed by atoms with Gasteiger partial charge in [-0.15, -0.1) is 15.8 Å². The van der Waals surface area contributed by atoms with Crippen molar-refractivity contribution in [1.82, 2.24) is 10.6 Å². The van der Waals surface area contributed by atoms with Gasteiger partial charge in [-0.1, -0.05) is 55.1 Å². The lowest BCUT2D eigenvalue weighted by Crippen LogP contribution is -2.41. The minimum Gasteiger partial charge on any atom is -0.360 e. The van der Waals surface area contributed by atoms with Crippen molar-refractivity contribution in [2.45, 2.75) is 32.4 Å². The van der Waals surface area contributed by atoms with Crippen LogP contribution in [0.1, 0.15) is 19.4 Å². The highest BCUT2D eigenvalue weighted by Crippen LogP contribution is 2.20. The first kappa shape index (κ1) is 21.2. The largest absolute Gasteiger partial charge is 0.360 e. The molecule has 2 unspecified atom stereocenters. The van der Waals surface area contributed by atoms with Crippen LogP contribution in [0.15, 0.2) is 90.2 Å². The molecule has 3 atom stereocenters. The quantitative estimate of drug-likeness (QED) is 0.481. The van der Waals surface area contributed by atoms with Gasteiger partial charge in [0.15, 0.2) is 0 Å². The zero-order valence-electron chi connectivity index (χ0n) is 17.3. The number of nitrogens with zero attached hydrogens (tertiary/aromatic N) is 1. The topological polar surface area (TPSA) is 36.4 Å². The second-order valence-electron chi connectivity index (χ2n) is 7.55. The van der Waals surface area contributed by atoms with Crippen LogP contribution in [0.4, 0.5) is 0 Å². The van der Waals surface area contributed by atoms with E-state index in [9.17, 15) is 0 Å².